The van der Waals surface area contributed by atoms with Crippen LogP contribution >= 0.6 is 0 Å². The minimum atomic E-state index is -0.0967. The Kier molecular flexibility index (Phi) is 9.01. The fourth-order valence-electron chi connectivity index (χ4n) is 2.30. The smallest absolute Gasteiger partial charge is 0.249 e. The van der Waals surface area contributed by atoms with Crippen molar-refractivity contribution in [1.29, 1.82) is 0 Å². The Balaban J connectivity index is 2.35. The first kappa shape index (κ1) is 17.9. The van der Waals surface area contributed by atoms with Crippen molar-refractivity contribution in [3.63, 3.8) is 0 Å². The molecule has 0 aromatic heterocycles. The van der Waals surface area contributed by atoms with E-state index in [2.05, 4.69) is 10.6 Å². The zero-order valence-electron chi connectivity index (χ0n) is 13.3. The number of nitrogens with zero attached hydrogens (tertiary/aromatic N) is 1. The molecule has 1 aliphatic rings. The van der Waals surface area contributed by atoms with E-state index in [9.17, 15) is 9.59 Å². The lowest BCUT2D eigenvalue weighted by atomic mass is 10.1. The van der Waals surface area contributed by atoms with Gasteiger partial charge in [0.25, 0.3) is 0 Å². The van der Waals surface area contributed by atoms with E-state index < -0.39 is 0 Å². The fourth-order valence-corrected chi connectivity index (χ4v) is 2.30. The minimum absolute atomic E-state index is 0.0751. The van der Waals surface area contributed by atoms with E-state index in [0.29, 0.717) is 13.1 Å². The maximum atomic E-state index is 12.2. The van der Waals surface area contributed by atoms with Crippen LogP contribution in [-0.4, -0.2) is 62.1 Å². The van der Waals surface area contributed by atoms with Crippen molar-refractivity contribution in [3.05, 3.63) is 0 Å². The standard InChI is InChI=1S/C15H29N3O3/c1-3-7-17-14(19)11-18(10-4-2)15(20)12-21-13-5-8-16-9-6-13/h13,16H,3-12H2,1-2H3,(H,17,19). The Morgan fingerprint density at radius 3 is 2.57 bits per heavy atom. The van der Waals surface area contributed by atoms with Crippen molar-refractivity contribution in [1.82, 2.24) is 15.5 Å². The van der Waals surface area contributed by atoms with Crippen molar-refractivity contribution in [2.24, 2.45) is 0 Å². The Morgan fingerprint density at radius 2 is 1.95 bits per heavy atom. The highest BCUT2D eigenvalue weighted by molar-refractivity contribution is 5.85. The van der Waals surface area contributed by atoms with Gasteiger partial charge in [0, 0.05) is 13.1 Å². The van der Waals surface area contributed by atoms with Crippen LogP contribution in [0.2, 0.25) is 0 Å². The molecule has 1 heterocycles. The summed E-state index contributed by atoms with van der Waals surface area (Å²) in [6.07, 6.45) is 3.77. The Hall–Kier alpha value is -1.14. The number of carbonyl (C=O) groups excluding carboxylic acids is 2. The molecule has 0 atom stereocenters. The van der Waals surface area contributed by atoms with Gasteiger partial charge in [0.15, 0.2) is 0 Å². The van der Waals surface area contributed by atoms with Crippen molar-refractivity contribution in [2.75, 3.05) is 39.3 Å². The van der Waals surface area contributed by atoms with Crippen molar-refractivity contribution in [3.8, 4) is 0 Å². The van der Waals surface area contributed by atoms with Crippen molar-refractivity contribution in [2.45, 2.75) is 45.6 Å². The van der Waals surface area contributed by atoms with Gasteiger partial charge in [0.05, 0.1) is 12.6 Å². The number of carbonyl (C=O) groups is 2. The summed E-state index contributed by atoms with van der Waals surface area (Å²) in [5.74, 6) is -0.192. The van der Waals surface area contributed by atoms with Gasteiger partial charge in [0.1, 0.15) is 6.61 Å². The summed E-state index contributed by atoms with van der Waals surface area (Å²) in [6.45, 7) is 7.33. The third kappa shape index (κ3) is 7.43. The second kappa shape index (κ2) is 10.6. The monoisotopic (exact) mass is 299 g/mol. The van der Waals surface area contributed by atoms with Gasteiger partial charge in [-0.15, -0.1) is 0 Å². The number of rotatable bonds is 9. The van der Waals surface area contributed by atoms with Crippen molar-refractivity contribution < 1.29 is 14.3 Å². The normalized spacial score (nSPS) is 15.7. The van der Waals surface area contributed by atoms with Gasteiger partial charge < -0.3 is 20.3 Å². The van der Waals surface area contributed by atoms with E-state index in [1.54, 1.807) is 4.90 Å². The van der Waals surface area contributed by atoms with E-state index in [1.807, 2.05) is 13.8 Å². The highest BCUT2D eigenvalue weighted by Gasteiger charge is 2.19. The molecule has 0 aromatic carbocycles. The predicted octanol–water partition coefficient (Wildman–Crippen LogP) is 0.520. The second-order valence-electron chi connectivity index (χ2n) is 5.43. The van der Waals surface area contributed by atoms with Crippen LogP contribution in [0.1, 0.15) is 39.5 Å². The van der Waals surface area contributed by atoms with Gasteiger partial charge in [-0.2, -0.15) is 0 Å². The molecule has 0 saturated carbocycles. The van der Waals surface area contributed by atoms with Crippen LogP contribution < -0.4 is 10.6 Å². The molecule has 1 saturated heterocycles. The Bertz CT molecular complexity index is 317. The average molecular weight is 299 g/mol. The molecule has 0 spiro atoms. The van der Waals surface area contributed by atoms with Gasteiger partial charge in [-0.05, 0) is 38.8 Å². The van der Waals surface area contributed by atoms with Crippen LogP contribution in [0.15, 0.2) is 0 Å². The highest BCUT2D eigenvalue weighted by Crippen LogP contribution is 2.07. The molecule has 0 radical (unpaired) electrons. The summed E-state index contributed by atoms with van der Waals surface area (Å²) in [5, 5.41) is 6.06. The molecule has 21 heavy (non-hydrogen) atoms. The topological polar surface area (TPSA) is 70.7 Å². The molecule has 1 aliphatic heterocycles. The molecular weight excluding hydrogens is 270 g/mol. The molecule has 0 bridgehead atoms. The highest BCUT2D eigenvalue weighted by atomic mass is 16.5. The Morgan fingerprint density at radius 1 is 1.24 bits per heavy atom. The molecule has 0 unspecified atom stereocenters. The van der Waals surface area contributed by atoms with E-state index >= 15 is 0 Å². The summed E-state index contributed by atoms with van der Waals surface area (Å²) >= 11 is 0. The zero-order valence-corrected chi connectivity index (χ0v) is 13.3. The molecular formula is C15H29N3O3. The quantitative estimate of drug-likeness (QED) is 0.651. The minimum Gasteiger partial charge on any atom is -0.368 e. The van der Waals surface area contributed by atoms with Crippen LogP contribution in [0.4, 0.5) is 0 Å². The summed E-state index contributed by atoms with van der Waals surface area (Å²) < 4.78 is 5.67. The maximum Gasteiger partial charge on any atom is 0.249 e. The molecule has 122 valence electrons. The lowest BCUT2D eigenvalue weighted by molar-refractivity contribution is -0.142. The summed E-state index contributed by atoms with van der Waals surface area (Å²) in [5.41, 5.74) is 0. The summed E-state index contributed by atoms with van der Waals surface area (Å²) in [7, 11) is 0. The first-order valence-electron chi connectivity index (χ1n) is 8.04. The van der Waals surface area contributed by atoms with Gasteiger partial charge >= 0.3 is 0 Å². The number of hydrogen-bond donors (Lipinski definition) is 2. The second-order valence-corrected chi connectivity index (χ2v) is 5.43. The molecule has 2 N–H and O–H groups in total. The van der Waals surface area contributed by atoms with E-state index in [4.69, 9.17) is 4.74 Å². The largest absolute Gasteiger partial charge is 0.368 e. The first-order valence-corrected chi connectivity index (χ1v) is 8.04. The van der Waals surface area contributed by atoms with Crippen LogP contribution in [-0.2, 0) is 14.3 Å². The predicted molar refractivity (Wildman–Crippen MR) is 82.0 cm³/mol. The lowest BCUT2D eigenvalue weighted by Crippen LogP contribution is -2.43. The van der Waals surface area contributed by atoms with E-state index in [-0.39, 0.29) is 31.1 Å². The molecule has 0 aliphatic carbocycles. The van der Waals surface area contributed by atoms with Crippen LogP contribution in [0, 0.1) is 0 Å². The first-order chi connectivity index (χ1) is 10.2. The molecule has 0 aromatic rings. The van der Waals surface area contributed by atoms with Crippen LogP contribution in [0.3, 0.4) is 0 Å². The molecule has 6 nitrogen and oxygen atoms in total. The Labute approximate surface area is 127 Å². The zero-order chi connectivity index (χ0) is 15.5. The number of hydrogen-bond acceptors (Lipinski definition) is 4. The number of piperidine rings is 1. The third-order valence-corrected chi connectivity index (χ3v) is 3.48. The molecule has 2 amide bonds. The van der Waals surface area contributed by atoms with Gasteiger partial charge in [0.2, 0.25) is 11.8 Å². The number of amides is 2. The number of nitrogens with one attached hydrogen (secondary N) is 2. The summed E-state index contributed by atoms with van der Waals surface area (Å²) in [6, 6.07) is 0. The molecule has 1 fully saturated rings. The average Bonchev–Trinajstić information content (AvgIpc) is 2.51. The lowest BCUT2D eigenvalue weighted by Gasteiger charge is -2.25. The third-order valence-electron chi connectivity index (χ3n) is 3.48. The van der Waals surface area contributed by atoms with Crippen LogP contribution in [0.5, 0.6) is 0 Å². The van der Waals surface area contributed by atoms with E-state index in [0.717, 1.165) is 38.8 Å². The van der Waals surface area contributed by atoms with Crippen LogP contribution in [0.25, 0.3) is 0 Å². The SMILES string of the molecule is CCCNC(=O)CN(CCC)C(=O)COC1CCNCC1. The van der Waals surface area contributed by atoms with Gasteiger partial charge in [-0.25, -0.2) is 0 Å². The fraction of sp³-hybridized carbons (Fsp3) is 0.867. The maximum absolute atomic E-state index is 12.2. The summed E-state index contributed by atoms with van der Waals surface area (Å²) in [4.78, 5) is 25.5. The number of ether oxygens (including phenoxy) is 1. The van der Waals surface area contributed by atoms with Gasteiger partial charge in [-0.1, -0.05) is 13.8 Å². The van der Waals surface area contributed by atoms with Crippen molar-refractivity contribution >= 4 is 11.8 Å². The molecule has 6 heteroatoms. The molecule has 1 rings (SSSR count). The van der Waals surface area contributed by atoms with Gasteiger partial charge in [-0.3, -0.25) is 9.59 Å². The van der Waals surface area contributed by atoms with E-state index in [1.165, 1.54) is 0 Å².